The minimum atomic E-state index is -0.936. The standard InChI is InChI=1S/C10H19NO3/c1-11(6-8-3-2-4-8)7-9(12)5-10(13)14/h8-9,12H,2-7H2,1H3,(H,13,14). The Hall–Kier alpha value is -0.610. The first-order valence-corrected chi connectivity index (χ1v) is 5.16. The van der Waals surface area contributed by atoms with E-state index in [1.807, 2.05) is 11.9 Å². The van der Waals surface area contributed by atoms with Crippen molar-refractivity contribution in [1.29, 1.82) is 0 Å². The number of hydrogen-bond donors (Lipinski definition) is 2. The van der Waals surface area contributed by atoms with E-state index in [9.17, 15) is 9.90 Å². The molecule has 0 aromatic heterocycles. The van der Waals surface area contributed by atoms with Gasteiger partial charge in [0.05, 0.1) is 12.5 Å². The Labute approximate surface area is 84.5 Å². The van der Waals surface area contributed by atoms with Crippen molar-refractivity contribution in [2.45, 2.75) is 31.8 Å². The molecule has 0 aliphatic heterocycles. The number of carboxylic acids is 1. The van der Waals surface area contributed by atoms with Crippen molar-refractivity contribution in [3.05, 3.63) is 0 Å². The molecule has 14 heavy (non-hydrogen) atoms. The molecule has 0 aromatic rings. The van der Waals surface area contributed by atoms with Crippen LogP contribution in [0.2, 0.25) is 0 Å². The summed E-state index contributed by atoms with van der Waals surface area (Å²) >= 11 is 0. The number of carboxylic acid groups (broad SMARTS) is 1. The first kappa shape index (κ1) is 11.5. The smallest absolute Gasteiger partial charge is 0.306 e. The summed E-state index contributed by atoms with van der Waals surface area (Å²) < 4.78 is 0. The number of rotatable bonds is 6. The van der Waals surface area contributed by atoms with Crippen LogP contribution < -0.4 is 0 Å². The highest BCUT2D eigenvalue weighted by molar-refractivity contribution is 5.67. The molecule has 0 radical (unpaired) electrons. The van der Waals surface area contributed by atoms with Crippen LogP contribution in [0.4, 0.5) is 0 Å². The van der Waals surface area contributed by atoms with E-state index in [4.69, 9.17) is 5.11 Å². The average molecular weight is 201 g/mol. The Morgan fingerprint density at radius 1 is 1.57 bits per heavy atom. The molecule has 1 atom stereocenters. The van der Waals surface area contributed by atoms with Gasteiger partial charge >= 0.3 is 5.97 Å². The predicted octanol–water partition coefficient (Wildman–Crippen LogP) is 0.554. The molecular formula is C10H19NO3. The van der Waals surface area contributed by atoms with E-state index in [2.05, 4.69) is 0 Å². The second kappa shape index (κ2) is 5.32. The molecular weight excluding hydrogens is 182 g/mol. The fourth-order valence-electron chi connectivity index (χ4n) is 1.82. The number of aliphatic hydroxyl groups excluding tert-OH is 1. The van der Waals surface area contributed by atoms with Gasteiger partial charge in [0, 0.05) is 13.1 Å². The van der Waals surface area contributed by atoms with Crippen molar-refractivity contribution in [3.8, 4) is 0 Å². The van der Waals surface area contributed by atoms with Gasteiger partial charge in [-0.05, 0) is 25.8 Å². The number of hydrogen-bond acceptors (Lipinski definition) is 3. The molecule has 0 saturated heterocycles. The van der Waals surface area contributed by atoms with E-state index in [0.717, 1.165) is 12.5 Å². The van der Waals surface area contributed by atoms with Gasteiger partial charge in [0.15, 0.2) is 0 Å². The molecule has 1 unspecified atom stereocenters. The van der Waals surface area contributed by atoms with Crippen molar-refractivity contribution in [3.63, 3.8) is 0 Å². The van der Waals surface area contributed by atoms with Crippen LogP contribution in [0.5, 0.6) is 0 Å². The summed E-state index contributed by atoms with van der Waals surface area (Å²) in [6.07, 6.45) is 2.97. The lowest BCUT2D eigenvalue weighted by atomic mass is 9.85. The van der Waals surface area contributed by atoms with Gasteiger partial charge in [0.2, 0.25) is 0 Å². The molecule has 4 nitrogen and oxygen atoms in total. The van der Waals surface area contributed by atoms with Crippen LogP contribution in [-0.2, 0) is 4.79 Å². The molecule has 82 valence electrons. The van der Waals surface area contributed by atoms with E-state index in [1.165, 1.54) is 19.3 Å². The lowest BCUT2D eigenvalue weighted by Gasteiger charge is -2.30. The molecule has 1 saturated carbocycles. The molecule has 0 heterocycles. The fraction of sp³-hybridized carbons (Fsp3) is 0.900. The summed E-state index contributed by atoms with van der Waals surface area (Å²) in [6, 6.07) is 0. The largest absolute Gasteiger partial charge is 0.481 e. The first-order chi connectivity index (χ1) is 6.58. The van der Waals surface area contributed by atoms with Gasteiger partial charge in [-0.25, -0.2) is 0 Å². The van der Waals surface area contributed by atoms with Gasteiger partial charge in [-0.3, -0.25) is 4.79 Å². The van der Waals surface area contributed by atoms with Gasteiger partial charge in [-0.2, -0.15) is 0 Å². The normalized spacial score (nSPS) is 19.4. The topological polar surface area (TPSA) is 60.8 Å². The third-order valence-corrected chi connectivity index (χ3v) is 2.73. The maximum atomic E-state index is 10.3. The minimum Gasteiger partial charge on any atom is -0.481 e. The van der Waals surface area contributed by atoms with E-state index in [1.54, 1.807) is 0 Å². The third kappa shape index (κ3) is 4.07. The number of aliphatic carboxylic acids is 1. The van der Waals surface area contributed by atoms with Gasteiger partial charge in [-0.15, -0.1) is 0 Å². The summed E-state index contributed by atoms with van der Waals surface area (Å²) in [5, 5.41) is 17.8. The van der Waals surface area contributed by atoms with Gasteiger partial charge in [-0.1, -0.05) is 6.42 Å². The van der Waals surface area contributed by atoms with Crippen molar-refractivity contribution in [2.75, 3.05) is 20.1 Å². The molecule has 4 heteroatoms. The lowest BCUT2D eigenvalue weighted by molar-refractivity contribution is -0.139. The molecule has 0 bridgehead atoms. The first-order valence-electron chi connectivity index (χ1n) is 5.16. The van der Waals surface area contributed by atoms with Gasteiger partial charge in [0.25, 0.3) is 0 Å². The average Bonchev–Trinajstić information content (AvgIpc) is 1.94. The molecule has 1 fully saturated rings. The second-order valence-corrected chi connectivity index (χ2v) is 4.27. The highest BCUT2D eigenvalue weighted by Gasteiger charge is 2.20. The van der Waals surface area contributed by atoms with Crippen molar-refractivity contribution >= 4 is 5.97 Å². The fourth-order valence-corrected chi connectivity index (χ4v) is 1.82. The monoisotopic (exact) mass is 201 g/mol. The Kier molecular flexibility index (Phi) is 4.35. The molecule has 0 spiro atoms. The van der Waals surface area contributed by atoms with Crippen LogP contribution in [-0.4, -0.2) is 47.3 Å². The second-order valence-electron chi connectivity index (χ2n) is 4.27. The summed E-state index contributed by atoms with van der Waals surface area (Å²) in [5.41, 5.74) is 0. The Morgan fingerprint density at radius 2 is 2.21 bits per heavy atom. The van der Waals surface area contributed by atoms with Gasteiger partial charge < -0.3 is 15.1 Å². The summed E-state index contributed by atoms with van der Waals surface area (Å²) in [6.45, 7) is 1.44. The SMILES string of the molecule is CN(CC(O)CC(=O)O)CC1CCC1. The van der Waals surface area contributed by atoms with Crippen molar-refractivity contribution in [1.82, 2.24) is 4.90 Å². The zero-order valence-corrected chi connectivity index (χ0v) is 8.65. The lowest BCUT2D eigenvalue weighted by Crippen LogP contribution is -2.35. The van der Waals surface area contributed by atoms with Crippen LogP contribution in [0.25, 0.3) is 0 Å². The van der Waals surface area contributed by atoms with Crippen LogP contribution in [0.1, 0.15) is 25.7 Å². The van der Waals surface area contributed by atoms with Crippen molar-refractivity contribution < 1.29 is 15.0 Å². The van der Waals surface area contributed by atoms with Crippen LogP contribution in [0.15, 0.2) is 0 Å². The highest BCUT2D eigenvalue weighted by atomic mass is 16.4. The molecule has 1 aliphatic carbocycles. The minimum absolute atomic E-state index is 0.158. The maximum Gasteiger partial charge on any atom is 0.306 e. The number of aliphatic hydroxyl groups is 1. The van der Waals surface area contributed by atoms with Gasteiger partial charge in [0.1, 0.15) is 0 Å². The number of carbonyl (C=O) groups is 1. The van der Waals surface area contributed by atoms with Crippen LogP contribution in [0.3, 0.4) is 0 Å². The zero-order chi connectivity index (χ0) is 10.6. The molecule has 0 amide bonds. The van der Waals surface area contributed by atoms with Crippen LogP contribution in [0, 0.1) is 5.92 Å². The van der Waals surface area contributed by atoms with Crippen LogP contribution >= 0.6 is 0 Å². The number of likely N-dealkylation sites (N-methyl/N-ethyl adjacent to an activating group) is 1. The zero-order valence-electron chi connectivity index (χ0n) is 8.65. The molecule has 0 aromatic carbocycles. The summed E-state index contributed by atoms with van der Waals surface area (Å²) in [4.78, 5) is 12.3. The summed E-state index contributed by atoms with van der Waals surface area (Å²) in [7, 11) is 1.93. The van der Waals surface area contributed by atoms with E-state index < -0.39 is 12.1 Å². The maximum absolute atomic E-state index is 10.3. The Morgan fingerprint density at radius 3 is 2.64 bits per heavy atom. The molecule has 2 N–H and O–H groups in total. The predicted molar refractivity (Wildman–Crippen MR) is 53.1 cm³/mol. The third-order valence-electron chi connectivity index (χ3n) is 2.73. The van der Waals surface area contributed by atoms with E-state index in [-0.39, 0.29) is 6.42 Å². The molecule has 1 aliphatic rings. The Balaban J connectivity index is 2.11. The Bertz CT molecular complexity index is 192. The molecule has 1 rings (SSSR count). The number of nitrogens with zero attached hydrogens (tertiary/aromatic N) is 1. The van der Waals surface area contributed by atoms with Crippen molar-refractivity contribution in [2.24, 2.45) is 5.92 Å². The summed E-state index contributed by atoms with van der Waals surface area (Å²) in [5.74, 6) is -0.174. The van der Waals surface area contributed by atoms with E-state index >= 15 is 0 Å². The highest BCUT2D eigenvalue weighted by Crippen LogP contribution is 2.26. The van der Waals surface area contributed by atoms with E-state index in [0.29, 0.717) is 6.54 Å². The quantitative estimate of drug-likeness (QED) is 0.659.